The first kappa shape index (κ1) is 13.7. The van der Waals surface area contributed by atoms with Crippen LogP contribution in [0.2, 0.25) is 0 Å². The molecule has 0 amide bonds. The highest BCUT2D eigenvalue weighted by Crippen LogP contribution is 2.17. The van der Waals surface area contributed by atoms with E-state index in [-0.39, 0.29) is 6.29 Å². The molecule has 0 heterocycles. The third-order valence-electron chi connectivity index (χ3n) is 2.39. The monoisotopic (exact) mass is 236 g/mol. The second-order valence-electron chi connectivity index (χ2n) is 3.67. The van der Waals surface area contributed by atoms with E-state index >= 15 is 0 Å². The van der Waals surface area contributed by atoms with Gasteiger partial charge in [0.2, 0.25) is 0 Å². The van der Waals surface area contributed by atoms with Crippen LogP contribution in [0.25, 0.3) is 5.57 Å². The average Bonchev–Trinajstić information content (AvgIpc) is 2.36. The predicted octanol–water partition coefficient (Wildman–Crippen LogP) is 3.11. The predicted molar refractivity (Wildman–Crippen MR) is 69.1 cm³/mol. The topological polar surface area (TPSA) is 27.7 Å². The highest BCUT2D eigenvalue weighted by Gasteiger charge is 2.04. The van der Waals surface area contributed by atoms with Crippen LogP contribution < -0.4 is 4.74 Å². The van der Waals surface area contributed by atoms with Gasteiger partial charge in [-0.2, -0.15) is 0 Å². The number of rotatable bonds is 7. The molecule has 0 fully saturated rings. The average molecular weight is 236 g/mol. The van der Waals surface area contributed by atoms with Crippen molar-refractivity contribution in [2.24, 2.45) is 0 Å². The molecule has 94 valence electrons. The van der Waals surface area contributed by atoms with Crippen LogP contribution in [0.5, 0.6) is 5.75 Å². The maximum atomic E-state index is 5.50. The lowest BCUT2D eigenvalue weighted by Gasteiger charge is -2.14. The zero-order chi connectivity index (χ0) is 12.7. The normalized spacial score (nSPS) is 12.2. The summed E-state index contributed by atoms with van der Waals surface area (Å²) in [4.78, 5) is 0. The van der Waals surface area contributed by atoms with Crippen molar-refractivity contribution < 1.29 is 14.2 Å². The Balaban J connectivity index is 2.46. The van der Waals surface area contributed by atoms with E-state index in [1.807, 2.05) is 38.1 Å². The van der Waals surface area contributed by atoms with Crippen molar-refractivity contribution in [2.75, 3.05) is 20.3 Å². The van der Waals surface area contributed by atoms with E-state index in [0.29, 0.717) is 13.2 Å². The molecule has 0 aliphatic rings. The first-order chi connectivity index (χ1) is 8.17. The zero-order valence-corrected chi connectivity index (χ0v) is 10.7. The van der Waals surface area contributed by atoms with Crippen LogP contribution in [0.3, 0.4) is 0 Å². The number of hydrogen-bond donors (Lipinski definition) is 0. The highest BCUT2D eigenvalue weighted by molar-refractivity contribution is 5.64. The molecule has 0 N–H and O–H groups in total. The van der Waals surface area contributed by atoms with Gasteiger partial charge in [-0.05, 0) is 37.1 Å². The third kappa shape index (κ3) is 4.59. The molecule has 0 radical (unpaired) electrons. The van der Waals surface area contributed by atoms with Gasteiger partial charge in [-0.15, -0.1) is 0 Å². The van der Waals surface area contributed by atoms with Gasteiger partial charge in [-0.1, -0.05) is 18.7 Å². The van der Waals surface area contributed by atoms with Gasteiger partial charge in [0.1, 0.15) is 5.75 Å². The quantitative estimate of drug-likeness (QED) is 0.681. The van der Waals surface area contributed by atoms with Crippen molar-refractivity contribution in [1.29, 1.82) is 0 Å². The molecule has 1 aromatic carbocycles. The third-order valence-corrected chi connectivity index (χ3v) is 2.39. The first-order valence-corrected chi connectivity index (χ1v) is 5.72. The lowest BCUT2D eigenvalue weighted by molar-refractivity contribution is -0.117. The minimum Gasteiger partial charge on any atom is -0.497 e. The smallest absolute Gasteiger partial charge is 0.155 e. The summed E-state index contributed by atoms with van der Waals surface area (Å²) in [5.41, 5.74) is 1.98. The van der Waals surface area contributed by atoms with E-state index in [9.17, 15) is 0 Å². The van der Waals surface area contributed by atoms with E-state index < -0.39 is 0 Å². The molecular formula is C14H20O3. The minimum absolute atomic E-state index is 0.199. The largest absolute Gasteiger partial charge is 0.497 e. The van der Waals surface area contributed by atoms with Crippen LogP contribution >= 0.6 is 0 Å². The van der Waals surface area contributed by atoms with Gasteiger partial charge in [0.15, 0.2) is 6.29 Å². The van der Waals surface area contributed by atoms with Crippen molar-refractivity contribution in [3.8, 4) is 5.75 Å². The summed E-state index contributed by atoms with van der Waals surface area (Å²) >= 11 is 0. The maximum absolute atomic E-state index is 5.50. The molecule has 1 atom stereocenters. The molecule has 1 rings (SSSR count). The molecule has 0 saturated heterocycles. The molecule has 17 heavy (non-hydrogen) atoms. The summed E-state index contributed by atoms with van der Waals surface area (Å²) in [5.74, 6) is 0.838. The van der Waals surface area contributed by atoms with Crippen molar-refractivity contribution in [3.63, 3.8) is 0 Å². The maximum Gasteiger partial charge on any atom is 0.155 e. The Kier molecular flexibility index (Phi) is 5.73. The molecule has 0 aliphatic carbocycles. The van der Waals surface area contributed by atoms with Gasteiger partial charge in [-0.3, -0.25) is 0 Å². The Labute approximate surface area is 103 Å². The summed E-state index contributed by atoms with van der Waals surface area (Å²) in [7, 11) is 1.65. The van der Waals surface area contributed by atoms with E-state index in [0.717, 1.165) is 16.9 Å². The van der Waals surface area contributed by atoms with Crippen LogP contribution in [0.4, 0.5) is 0 Å². The number of hydrogen-bond acceptors (Lipinski definition) is 3. The summed E-state index contributed by atoms with van der Waals surface area (Å²) < 4.78 is 15.9. The highest BCUT2D eigenvalue weighted by atomic mass is 16.7. The van der Waals surface area contributed by atoms with E-state index in [1.54, 1.807) is 7.11 Å². The minimum atomic E-state index is -0.199. The van der Waals surface area contributed by atoms with Crippen molar-refractivity contribution in [2.45, 2.75) is 20.1 Å². The van der Waals surface area contributed by atoms with Crippen molar-refractivity contribution in [3.05, 3.63) is 36.4 Å². The molecule has 3 heteroatoms. The number of benzene rings is 1. The van der Waals surface area contributed by atoms with E-state index in [4.69, 9.17) is 14.2 Å². The molecule has 3 nitrogen and oxygen atoms in total. The fraction of sp³-hybridized carbons (Fsp3) is 0.429. The molecule has 0 aliphatic heterocycles. The van der Waals surface area contributed by atoms with Gasteiger partial charge in [0, 0.05) is 6.61 Å². The summed E-state index contributed by atoms with van der Waals surface area (Å²) in [6.07, 6.45) is -0.199. The lowest BCUT2D eigenvalue weighted by Crippen LogP contribution is -2.13. The Morgan fingerprint density at radius 3 is 2.41 bits per heavy atom. The van der Waals surface area contributed by atoms with Gasteiger partial charge in [0.05, 0.1) is 13.7 Å². The van der Waals surface area contributed by atoms with Gasteiger partial charge >= 0.3 is 0 Å². The Hall–Kier alpha value is -1.32. The van der Waals surface area contributed by atoms with Gasteiger partial charge < -0.3 is 14.2 Å². The molecule has 0 spiro atoms. The summed E-state index contributed by atoms with van der Waals surface area (Å²) in [6.45, 7) is 8.93. The van der Waals surface area contributed by atoms with Crippen molar-refractivity contribution >= 4 is 5.57 Å². The summed E-state index contributed by atoms with van der Waals surface area (Å²) in [6, 6.07) is 7.75. The van der Waals surface area contributed by atoms with Gasteiger partial charge in [0.25, 0.3) is 0 Å². The van der Waals surface area contributed by atoms with Gasteiger partial charge in [-0.25, -0.2) is 0 Å². The number of ether oxygens (including phenoxy) is 3. The molecule has 1 unspecified atom stereocenters. The molecule has 0 bridgehead atoms. The molecular weight excluding hydrogens is 216 g/mol. The lowest BCUT2D eigenvalue weighted by atomic mass is 10.1. The Morgan fingerprint density at radius 1 is 1.24 bits per heavy atom. The molecule has 0 aromatic heterocycles. The summed E-state index contributed by atoms with van der Waals surface area (Å²) in [5, 5.41) is 0. The first-order valence-electron chi connectivity index (χ1n) is 5.72. The van der Waals surface area contributed by atoms with E-state index in [1.165, 1.54) is 0 Å². The van der Waals surface area contributed by atoms with Crippen LogP contribution in [0.15, 0.2) is 30.8 Å². The van der Waals surface area contributed by atoms with Crippen LogP contribution in [-0.4, -0.2) is 26.6 Å². The Morgan fingerprint density at radius 2 is 1.88 bits per heavy atom. The molecule has 1 aromatic rings. The fourth-order valence-corrected chi connectivity index (χ4v) is 1.41. The second-order valence-corrected chi connectivity index (χ2v) is 3.67. The van der Waals surface area contributed by atoms with E-state index in [2.05, 4.69) is 6.58 Å². The Bertz CT molecular complexity index is 343. The number of methoxy groups -OCH3 is 1. The molecule has 0 saturated carbocycles. The second kappa shape index (κ2) is 7.09. The van der Waals surface area contributed by atoms with Crippen LogP contribution in [0.1, 0.15) is 19.4 Å². The van der Waals surface area contributed by atoms with Crippen LogP contribution in [0, 0.1) is 0 Å². The zero-order valence-electron chi connectivity index (χ0n) is 10.7. The van der Waals surface area contributed by atoms with Crippen LogP contribution in [-0.2, 0) is 9.47 Å². The fourth-order valence-electron chi connectivity index (χ4n) is 1.41. The SMILES string of the molecule is C=C(COC(C)OCC)c1ccc(OC)cc1. The van der Waals surface area contributed by atoms with Crippen molar-refractivity contribution in [1.82, 2.24) is 0 Å². The standard InChI is InChI=1S/C14H20O3/c1-5-16-12(3)17-10-11(2)13-6-8-14(15-4)9-7-13/h6-9,12H,2,5,10H2,1,3-4H3.